The first-order valence-corrected chi connectivity index (χ1v) is 8.45. The van der Waals surface area contributed by atoms with Gasteiger partial charge < -0.3 is 9.47 Å². The number of alkyl halides is 1. The van der Waals surface area contributed by atoms with Crippen LogP contribution in [0.3, 0.4) is 0 Å². The standard InChI is InChI=1S/C19H21FN4O2/c20-10-13-25-14-15-26-18-5-4-17(16-21-18)6-9-19(7-2-1-3-8-19)24-12-11-22-23-24/h1-7,9,11-12,16H,8,10,13-15H2/b9-6+. The van der Waals surface area contributed by atoms with Crippen molar-refractivity contribution in [2.75, 3.05) is 26.5 Å². The Bertz CT molecular complexity index is 756. The molecule has 0 aliphatic heterocycles. The van der Waals surface area contributed by atoms with E-state index in [-0.39, 0.29) is 12.1 Å². The van der Waals surface area contributed by atoms with Gasteiger partial charge in [-0.3, -0.25) is 0 Å². The lowest BCUT2D eigenvalue weighted by atomic mass is 9.90. The number of hydrogen-bond donors (Lipinski definition) is 0. The van der Waals surface area contributed by atoms with Crippen LogP contribution in [0.2, 0.25) is 0 Å². The predicted octanol–water partition coefficient (Wildman–Crippen LogP) is 2.96. The number of nitrogens with zero attached hydrogens (tertiary/aromatic N) is 4. The van der Waals surface area contributed by atoms with Crippen LogP contribution in [-0.4, -0.2) is 46.5 Å². The lowest BCUT2D eigenvalue weighted by molar-refractivity contribution is 0.0883. The van der Waals surface area contributed by atoms with Gasteiger partial charge in [-0.1, -0.05) is 41.7 Å². The molecular weight excluding hydrogens is 335 g/mol. The molecule has 0 saturated carbocycles. The van der Waals surface area contributed by atoms with E-state index >= 15 is 0 Å². The lowest BCUT2D eigenvalue weighted by Crippen LogP contribution is -2.30. The maximum absolute atomic E-state index is 11.9. The highest BCUT2D eigenvalue weighted by molar-refractivity contribution is 5.51. The first-order chi connectivity index (χ1) is 12.8. The third-order valence-corrected chi connectivity index (χ3v) is 3.95. The fraction of sp³-hybridized carbons (Fsp3) is 0.316. The first-order valence-electron chi connectivity index (χ1n) is 8.45. The molecule has 0 bridgehead atoms. The molecular formula is C19H21FN4O2. The summed E-state index contributed by atoms with van der Waals surface area (Å²) in [5.41, 5.74) is 0.585. The van der Waals surface area contributed by atoms with Gasteiger partial charge in [0.15, 0.2) is 0 Å². The fourth-order valence-corrected chi connectivity index (χ4v) is 2.60. The van der Waals surface area contributed by atoms with Gasteiger partial charge in [0.2, 0.25) is 5.88 Å². The molecule has 6 nitrogen and oxygen atoms in total. The zero-order chi connectivity index (χ0) is 18.1. The molecule has 1 atom stereocenters. The SMILES string of the molecule is FCCOCCOc1ccc(/C=C/C2(n3ccnn3)C=CC=CC2)cn1. The van der Waals surface area contributed by atoms with Crippen LogP contribution in [0.15, 0.2) is 61.1 Å². The van der Waals surface area contributed by atoms with Crippen molar-refractivity contribution in [2.45, 2.75) is 12.0 Å². The van der Waals surface area contributed by atoms with Gasteiger partial charge in [-0.15, -0.1) is 5.10 Å². The molecule has 0 radical (unpaired) electrons. The van der Waals surface area contributed by atoms with E-state index in [0.717, 1.165) is 12.0 Å². The van der Waals surface area contributed by atoms with Gasteiger partial charge >= 0.3 is 0 Å². The van der Waals surface area contributed by atoms with Gasteiger partial charge in [-0.05, 0) is 18.1 Å². The summed E-state index contributed by atoms with van der Waals surface area (Å²) >= 11 is 0. The Labute approximate surface area is 151 Å². The van der Waals surface area contributed by atoms with Crippen molar-refractivity contribution in [1.82, 2.24) is 20.0 Å². The molecule has 136 valence electrons. The molecule has 26 heavy (non-hydrogen) atoms. The van der Waals surface area contributed by atoms with Crippen LogP contribution in [0.4, 0.5) is 4.39 Å². The quantitative estimate of drug-likeness (QED) is 0.647. The van der Waals surface area contributed by atoms with E-state index in [9.17, 15) is 4.39 Å². The number of ether oxygens (including phenoxy) is 2. The summed E-state index contributed by atoms with van der Waals surface area (Å²) in [6, 6.07) is 3.73. The summed E-state index contributed by atoms with van der Waals surface area (Å²) in [5, 5.41) is 8.07. The predicted molar refractivity (Wildman–Crippen MR) is 96.5 cm³/mol. The van der Waals surface area contributed by atoms with Crippen LogP contribution in [0.25, 0.3) is 6.08 Å². The van der Waals surface area contributed by atoms with Crippen LogP contribution >= 0.6 is 0 Å². The number of rotatable bonds is 9. The van der Waals surface area contributed by atoms with Crippen molar-refractivity contribution in [3.05, 3.63) is 66.7 Å². The summed E-state index contributed by atoms with van der Waals surface area (Å²) in [4.78, 5) is 4.28. The Balaban J connectivity index is 1.62. The summed E-state index contributed by atoms with van der Waals surface area (Å²) in [6.45, 7) is 0.292. The topological polar surface area (TPSA) is 62.1 Å². The highest BCUT2D eigenvalue weighted by Crippen LogP contribution is 2.28. The molecule has 0 fully saturated rings. The molecule has 1 unspecified atom stereocenters. The molecule has 3 rings (SSSR count). The zero-order valence-corrected chi connectivity index (χ0v) is 14.4. The minimum atomic E-state index is -0.486. The van der Waals surface area contributed by atoms with Crippen LogP contribution in [0.5, 0.6) is 5.88 Å². The second kappa shape index (κ2) is 9.05. The third kappa shape index (κ3) is 4.64. The van der Waals surface area contributed by atoms with Crippen molar-refractivity contribution >= 4 is 6.08 Å². The van der Waals surface area contributed by atoms with Crippen molar-refractivity contribution in [3.8, 4) is 5.88 Å². The van der Waals surface area contributed by atoms with E-state index in [1.54, 1.807) is 18.5 Å². The zero-order valence-electron chi connectivity index (χ0n) is 14.4. The van der Waals surface area contributed by atoms with E-state index in [1.165, 1.54) is 0 Å². The summed E-state index contributed by atoms with van der Waals surface area (Å²) in [6.07, 6.45) is 18.4. The molecule has 1 aliphatic rings. The minimum Gasteiger partial charge on any atom is -0.475 e. The number of hydrogen-bond acceptors (Lipinski definition) is 5. The van der Waals surface area contributed by atoms with Gasteiger partial charge in [0.25, 0.3) is 0 Å². The van der Waals surface area contributed by atoms with Gasteiger partial charge in [-0.2, -0.15) is 0 Å². The van der Waals surface area contributed by atoms with E-state index < -0.39 is 6.67 Å². The van der Waals surface area contributed by atoms with Gasteiger partial charge in [0.05, 0.1) is 19.4 Å². The van der Waals surface area contributed by atoms with E-state index in [0.29, 0.717) is 19.1 Å². The number of aromatic nitrogens is 4. The summed E-state index contributed by atoms with van der Waals surface area (Å²) in [5.74, 6) is 0.512. The van der Waals surface area contributed by atoms with Crippen molar-refractivity contribution < 1.29 is 13.9 Å². The van der Waals surface area contributed by atoms with Crippen LogP contribution in [0.1, 0.15) is 12.0 Å². The second-order valence-corrected chi connectivity index (χ2v) is 5.74. The van der Waals surface area contributed by atoms with Crippen LogP contribution < -0.4 is 4.74 Å². The average molecular weight is 356 g/mol. The van der Waals surface area contributed by atoms with E-state index in [2.05, 4.69) is 33.5 Å². The molecule has 2 aromatic heterocycles. The van der Waals surface area contributed by atoms with E-state index in [1.807, 2.05) is 35.2 Å². The van der Waals surface area contributed by atoms with Gasteiger partial charge in [-0.25, -0.2) is 14.1 Å². The third-order valence-electron chi connectivity index (χ3n) is 3.95. The minimum absolute atomic E-state index is 0.0949. The summed E-state index contributed by atoms with van der Waals surface area (Å²) in [7, 11) is 0. The van der Waals surface area contributed by atoms with Crippen LogP contribution in [0, 0.1) is 0 Å². The smallest absolute Gasteiger partial charge is 0.213 e. The number of halogens is 1. The second-order valence-electron chi connectivity index (χ2n) is 5.74. The maximum atomic E-state index is 11.9. The van der Waals surface area contributed by atoms with Crippen molar-refractivity contribution in [2.24, 2.45) is 0 Å². The Morgan fingerprint density at radius 3 is 2.88 bits per heavy atom. The van der Waals surface area contributed by atoms with E-state index in [4.69, 9.17) is 9.47 Å². The lowest BCUT2D eigenvalue weighted by Gasteiger charge is -2.27. The molecule has 0 amide bonds. The molecule has 0 spiro atoms. The van der Waals surface area contributed by atoms with Gasteiger partial charge in [0.1, 0.15) is 18.8 Å². The van der Waals surface area contributed by atoms with Crippen molar-refractivity contribution in [1.29, 1.82) is 0 Å². The number of pyridine rings is 1. The molecule has 2 aromatic rings. The summed E-state index contributed by atoms with van der Waals surface area (Å²) < 4.78 is 24.2. The Hall–Kier alpha value is -2.80. The maximum Gasteiger partial charge on any atom is 0.213 e. The molecule has 0 saturated heterocycles. The molecule has 2 heterocycles. The Morgan fingerprint density at radius 2 is 2.19 bits per heavy atom. The van der Waals surface area contributed by atoms with Crippen molar-refractivity contribution in [3.63, 3.8) is 0 Å². The molecule has 1 aliphatic carbocycles. The average Bonchev–Trinajstić information content (AvgIpc) is 3.23. The molecule has 0 N–H and O–H groups in total. The highest BCUT2D eigenvalue weighted by atomic mass is 19.1. The van der Waals surface area contributed by atoms with Crippen LogP contribution in [-0.2, 0) is 10.3 Å². The molecule has 7 heteroatoms. The largest absolute Gasteiger partial charge is 0.475 e. The Morgan fingerprint density at radius 1 is 1.23 bits per heavy atom. The number of allylic oxidation sites excluding steroid dienone is 5. The highest BCUT2D eigenvalue weighted by Gasteiger charge is 2.26. The molecule has 0 aromatic carbocycles. The van der Waals surface area contributed by atoms with Gasteiger partial charge in [0, 0.05) is 18.5 Å². The fourth-order valence-electron chi connectivity index (χ4n) is 2.60. The first kappa shape index (κ1) is 18.0. The Kier molecular flexibility index (Phi) is 6.27. The normalized spacial score (nSPS) is 19.3. The monoisotopic (exact) mass is 356 g/mol.